The number of nitriles is 1. The van der Waals surface area contributed by atoms with Crippen molar-refractivity contribution in [3.05, 3.63) is 40.7 Å². The van der Waals surface area contributed by atoms with Crippen LogP contribution in [-0.4, -0.2) is 24.3 Å². The standard InChI is InChI=1S/C14H10ClF2N3O3/c1-22-13(21)12-11(19)7(5-18)6-20(12)9-4-8(15)2-3-10(9)23-14(16)17/h2-4,6,14H,19H2,1H3. The molecule has 2 rings (SSSR count). The highest BCUT2D eigenvalue weighted by Gasteiger charge is 2.24. The average molecular weight is 342 g/mol. The number of ether oxygens (including phenoxy) is 2. The summed E-state index contributed by atoms with van der Waals surface area (Å²) in [5.74, 6) is -1.08. The predicted molar refractivity (Wildman–Crippen MR) is 77.9 cm³/mol. The van der Waals surface area contributed by atoms with Crippen molar-refractivity contribution in [3.8, 4) is 17.5 Å². The third kappa shape index (κ3) is 3.19. The highest BCUT2D eigenvalue weighted by atomic mass is 35.5. The number of aromatic nitrogens is 1. The Labute approximate surface area is 134 Å². The van der Waals surface area contributed by atoms with Gasteiger partial charge in [-0.25, -0.2) is 4.79 Å². The van der Waals surface area contributed by atoms with Gasteiger partial charge in [-0.05, 0) is 18.2 Å². The van der Waals surface area contributed by atoms with E-state index in [4.69, 9.17) is 22.6 Å². The Hall–Kier alpha value is -2.79. The van der Waals surface area contributed by atoms with E-state index in [1.165, 1.54) is 24.4 Å². The minimum atomic E-state index is -3.08. The lowest BCUT2D eigenvalue weighted by atomic mass is 10.2. The molecule has 0 spiro atoms. The first-order valence-corrected chi connectivity index (χ1v) is 6.50. The van der Waals surface area contributed by atoms with E-state index in [1.807, 2.05) is 0 Å². The Morgan fingerprint density at radius 2 is 2.17 bits per heavy atom. The van der Waals surface area contributed by atoms with Gasteiger partial charge >= 0.3 is 12.6 Å². The van der Waals surface area contributed by atoms with Gasteiger partial charge in [0.1, 0.15) is 11.8 Å². The molecule has 0 amide bonds. The molecule has 2 aromatic rings. The van der Waals surface area contributed by atoms with Crippen molar-refractivity contribution in [1.82, 2.24) is 4.57 Å². The van der Waals surface area contributed by atoms with Crippen LogP contribution in [0.2, 0.25) is 5.02 Å². The zero-order valence-corrected chi connectivity index (χ0v) is 12.5. The molecule has 23 heavy (non-hydrogen) atoms. The molecule has 1 aromatic carbocycles. The maximum atomic E-state index is 12.6. The van der Waals surface area contributed by atoms with Crippen molar-refractivity contribution >= 4 is 23.3 Å². The number of hydrogen-bond acceptors (Lipinski definition) is 5. The van der Waals surface area contributed by atoms with Gasteiger partial charge in [-0.15, -0.1) is 0 Å². The van der Waals surface area contributed by atoms with Gasteiger partial charge in [0, 0.05) is 11.2 Å². The summed E-state index contributed by atoms with van der Waals surface area (Å²) in [5.41, 5.74) is 5.43. The Morgan fingerprint density at radius 3 is 2.74 bits per heavy atom. The number of hydrogen-bond donors (Lipinski definition) is 1. The summed E-state index contributed by atoms with van der Waals surface area (Å²) in [7, 11) is 1.12. The molecule has 2 N–H and O–H groups in total. The van der Waals surface area contributed by atoms with Gasteiger partial charge in [-0.1, -0.05) is 11.6 Å². The van der Waals surface area contributed by atoms with Crippen LogP contribution in [0.5, 0.6) is 5.75 Å². The summed E-state index contributed by atoms with van der Waals surface area (Å²) < 4.78 is 35.3. The highest BCUT2D eigenvalue weighted by Crippen LogP contribution is 2.32. The van der Waals surface area contributed by atoms with Crippen LogP contribution in [0, 0.1) is 11.3 Å². The van der Waals surface area contributed by atoms with Gasteiger partial charge in [0.25, 0.3) is 0 Å². The van der Waals surface area contributed by atoms with Gasteiger partial charge in [0.05, 0.1) is 24.0 Å². The number of esters is 1. The van der Waals surface area contributed by atoms with Crippen LogP contribution < -0.4 is 10.5 Å². The summed E-state index contributed by atoms with van der Waals surface area (Å²) in [5, 5.41) is 9.27. The van der Waals surface area contributed by atoms with Crippen LogP contribution in [0.25, 0.3) is 5.69 Å². The second-order valence-corrected chi connectivity index (χ2v) is 4.71. The number of methoxy groups -OCH3 is 1. The topological polar surface area (TPSA) is 90.3 Å². The smallest absolute Gasteiger partial charge is 0.387 e. The largest absolute Gasteiger partial charge is 0.464 e. The second-order valence-electron chi connectivity index (χ2n) is 4.27. The Bertz CT molecular complexity index is 799. The maximum Gasteiger partial charge on any atom is 0.387 e. The number of carbonyl (C=O) groups excluding carboxylic acids is 1. The number of carbonyl (C=O) groups is 1. The minimum Gasteiger partial charge on any atom is -0.464 e. The molecule has 120 valence electrons. The molecule has 0 saturated heterocycles. The fourth-order valence-electron chi connectivity index (χ4n) is 1.98. The predicted octanol–water partition coefficient (Wildman–Crippen LogP) is 2.97. The quantitative estimate of drug-likeness (QED) is 0.863. The lowest BCUT2D eigenvalue weighted by Gasteiger charge is -2.14. The molecular formula is C14H10ClF2N3O3. The molecule has 6 nitrogen and oxygen atoms in total. The molecular weight excluding hydrogens is 332 g/mol. The SMILES string of the molecule is COC(=O)c1c(N)c(C#N)cn1-c1cc(Cl)ccc1OC(F)F. The van der Waals surface area contributed by atoms with Crippen molar-refractivity contribution in [3.63, 3.8) is 0 Å². The fourth-order valence-corrected chi connectivity index (χ4v) is 2.15. The fraction of sp³-hybridized carbons (Fsp3) is 0.143. The highest BCUT2D eigenvalue weighted by molar-refractivity contribution is 6.30. The first-order valence-electron chi connectivity index (χ1n) is 6.13. The molecule has 0 aliphatic heterocycles. The molecule has 0 saturated carbocycles. The van der Waals surface area contributed by atoms with Crippen LogP contribution in [0.15, 0.2) is 24.4 Å². The third-order valence-corrected chi connectivity index (χ3v) is 3.18. The van der Waals surface area contributed by atoms with Gasteiger partial charge in [0.2, 0.25) is 0 Å². The van der Waals surface area contributed by atoms with E-state index in [1.54, 1.807) is 6.07 Å². The summed E-state index contributed by atoms with van der Waals surface area (Å²) in [6.45, 7) is -3.08. The van der Waals surface area contributed by atoms with Gasteiger partial charge in [-0.3, -0.25) is 0 Å². The van der Waals surface area contributed by atoms with E-state index in [2.05, 4.69) is 9.47 Å². The number of nitrogen functional groups attached to an aromatic ring is 1. The molecule has 1 aromatic heterocycles. The molecule has 0 unspecified atom stereocenters. The van der Waals surface area contributed by atoms with Crippen molar-refractivity contribution in [1.29, 1.82) is 5.26 Å². The van der Waals surface area contributed by atoms with Crippen molar-refractivity contribution < 1.29 is 23.0 Å². The van der Waals surface area contributed by atoms with E-state index in [9.17, 15) is 13.6 Å². The normalized spacial score (nSPS) is 10.4. The van der Waals surface area contributed by atoms with Gasteiger partial charge < -0.3 is 19.8 Å². The van der Waals surface area contributed by atoms with Gasteiger partial charge in [0.15, 0.2) is 5.69 Å². The van der Waals surface area contributed by atoms with Gasteiger partial charge in [-0.2, -0.15) is 14.0 Å². The minimum absolute atomic E-state index is 0.0198. The second kappa shape index (κ2) is 6.54. The number of nitrogens with zero attached hydrogens (tertiary/aromatic N) is 2. The molecule has 0 aliphatic rings. The van der Waals surface area contributed by atoms with E-state index >= 15 is 0 Å². The zero-order chi connectivity index (χ0) is 17.1. The number of alkyl halides is 2. The summed E-state index contributed by atoms with van der Waals surface area (Å²) in [4.78, 5) is 11.9. The van der Waals surface area contributed by atoms with E-state index < -0.39 is 12.6 Å². The molecule has 0 radical (unpaired) electrons. The molecule has 0 bridgehead atoms. The van der Waals surface area contributed by atoms with Crippen LogP contribution >= 0.6 is 11.6 Å². The van der Waals surface area contributed by atoms with E-state index in [-0.39, 0.29) is 33.4 Å². The summed E-state index contributed by atoms with van der Waals surface area (Å²) in [6.07, 6.45) is 1.21. The summed E-state index contributed by atoms with van der Waals surface area (Å²) >= 11 is 5.88. The lowest BCUT2D eigenvalue weighted by Crippen LogP contribution is -2.13. The van der Waals surface area contributed by atoms with Crippen LogP contribution in [-0.2, 0) is 4.74 Å². The Kier molecular flexibility index (Phi) is 4.71. The maximum absolute atomic E-state index is 12.6. The van der Waals surface area contributed by atoms with Crippen molar-refractivity contribution in [2.45, 2.75) is 6.61 Å². The van der Waals surface area contributed by atoms with Crippen LogP contribution in [0.4, 0.5) is 14.5 Å². The molecule has 0 atom stereocenters. The van der Waals surface area contributed by atoms with Crippen LogP contribution in [0.1, 0.15) is 16.1 Å². The number of benzene rings is 1. The number of rotatable bonds is 4. The molecule has 0 fully saturated rings. The molecule has 0 aliphatic carbocycles. The molecule has 1 heterocycles. The Morgan fingerprint density at radius 1 is 1.48 bits per heavy atom. The van der Waals surface area contributed by atoms with E-state index in [0.29, 0.717) is 0 Å². The first-order chi connectivity index (χ1) is 10.9. The van der Waals surface area contributed by atoms with Crippen molar-refractivity contribution in [2.75, 3.05) is 12.8 Å². The lowest BCUT2D eigenvalue weighted by molar-refractivity contribution is -0.0498. The average Bonchev–Trinajstić information content (AvgIpc) is 2.84. The van der Waals surface area contributed by atoms with Crippen LogP contribution in [0.3, 0.4) is 0 Å². The van der Waals surface area contributed by atoms with E-state index in [0.717, 1.165) is 11.7 Å². The third-order valence-electron chi connectivity index (χ3n) is 2.94. The first kappa shape index (κ1) is 16.6. The molecule has 9 heteroatoms. The zero-order valence-electron chi connectivity index (χ0n) is 11.7. The Balaban J connectivity index is 2.74. The monoisotopic (exact) mass is 341 g/mol. The number of anilines is 1. The van der Waals surface area contributed by atoms with Crippen molar-refractivity contribution in [2.24, 2.45) is 0 Å². The number of nitrogens with two attached hydrogens (primary N) is 1. The summed E-state index contributed by atoms with van der Waals surface area (Å²) in [6, 6.07) is 5.66. The number of halogens is 3.